The number of thiazole rings is 1. The molecule has 0 aromatic carbocycles. The number of carbonyl (C=O) groups excluding carboxylic acids is 3. The molecule has 0 unspecified atom stereocenters. The Morgan fingerprint density at radius 2 is 1.81 bits per heavy atom. The van der Waals surface area contributed by atoms with Crippen molar-refractivity contribution in [2.45, 2.75) is 38.5 Å². The summed E-state index contributed by atoms with van der Waals surface area (Å²) in [5.74, 6) is -0.851. The van der Waals surface area contributed by atoms with Crippen LogP contribution in [0.2, 0.25) is 0 Å². The average Bonchev–Trinajstić information content (AvgIpc) is 3.34. The van der Waals surface area contributed by atoms with Crippen molar-refractivity contribution in [1.29, 1.82) is 0 Å². The van der Waals surface area contributed by atoms with Crippen LogP contribution in [-0.2, 0) is 27.2 Å². The monoisotopic (exact) mass is 371 g/mol. The van der Waals surface area contributed by atoms with Gasteiger partial charge >= 0.3 is 0 Å². The first kappa shape index (κ1) is 16.2. The highest BCUT2D eigenvalue weighted by atomic mass is 32.1. The number of amides is 3. The maximum atomic E-state index is 12.7. The summed E-state index contributed by atoms with van der Waals surface area (Å²) in [6.07, 6.45) is 10.5. The fourth-order valence-electron chi connectivity index (χ4n) is 5.00. The standard InChI is InChI=1S/C19H21N3O3S/c23-14(21-19-20-12-4-2-1-3-5-13(12)26-19)9-22-17(24)15-10-6-7-11(8-10)16(15)18(22)25/h6-7,10-11,15-16H,1-5,8-9H2,(H,20,21,23)/t10-,11-,15+,16+/m0/s1. The lowest BCUT2D eigenvalue weighted by Crippen LogP contribution is -2.39. The van der Waals surface area contributed by atoms with Crippen molar-refractivity contribution in [1.82, 2.24) is 9.88 Å². The highest BCUT2D eigenvalue weighted by Gasteiger charge is 2.59. The van der Waals surface area contributed by atoms with Crippen LogP contribution in [0.5, 0.6) is 0 Å². The SMILES string of the molecule is O=C(CN1C(=O)[C@H]2[C@H](C1=O)[C@H]1C=C[C@H]2C1)Nc1nc2c(s1)CCCCC2. The number of anilines is 1. The van der Waals surface area contributed by atoms with E-state index in [1.165, 1.54) is 29.1 Å². The number of nitrogens with zero attached hydrogens (tertiary/aromatic N) is 2. The molecule has 2 fully saturated rings. The number of hydrogen-bond acceptors (Lipinski definition) is 5. The molecule has 2 heterocycles. The zero-order chi connectivity index (χ0) is 17.8. The Balaban J connectivity index is 1.26. The Hall–Kier alpha value is -2.02. The largest absolute Gasteiger partial charge is 0.300 e. The van der Waals surface area contributed by atoms with E-state index in [0.29, 0.717) is 5.13 Å². The highest BCUT2D eigenvalue weighted by molar-refractivity contribution is 7.15. The highest BCUT2D eigenvalue weighted by Crippen LogP contribution is 2.52. The minimum atomic E-state index is -0.337. The third kappa shape index (κ3) is 2.44. The third-order valence-corrected chi connectivity index (χ3v) is 7.28. The number of nitrogens with one attached hydrogen (secondary N) is 1. The van der Waals surface area contributed by atoms with E-state index in [4.69, 9.17) is 0 Å². The minimum absolute atomic E-state index is 0.170. The number of likely N-dealkylation sites (tertiary alicyclic amines) is 1. The topological polar surface area (TPSA) is 79.4 Å². The van der Waals surface area contributed by atoms with Crippen LogP contribution in [-0.4, -0.2) is 34.2 Å². The van der Waals surface area contributed by atoms with E-state index in [-0.39, 0.29) is 47.9 Å². The van der Waals surface area contributed by atoms with Crippen LogP contribution in [0.15, 0.2) is 12.2 Å². The molecule has 4 atom stereocenters. The van der Waals surface area contributed by atoms with Crippen molar-refractivity contribution in [3.8, 4) is 0 Å². The van der Waals surface area contributed by atoms with E-state index in [1.54, 1.807) is 0 Å². The van der Waals surface area contributed by atoms with Crippen LogP contribution in [0, 0.1) is 23.7 Å². The molecule has 1 saturated heterocycles. The lowest BCUT2D eigenvalue weighted by Gasteiger charge is -2.16. The Bertz CT molecular complexity index is 776. The van der Waals surface area contributed by atoms with E-state index < -0.39 is 0 Å². The molecule has 2 bridgehead atoms. The summed E-state index contributed by atoms with van der Waals surface area (Å²) in [6, 6.07) is 0. The molecule has 136 valence electrons. The van der Waals surface area contributed by atoms with Crippen molar-refractivity contribution in [3.05, 3.63) is 22.7 Å². The van der Waals surface area contributed by atoms with E-state index in [2.05, 4.69) is 22.5 Å². The van der Waals surface area contributed by atoms with Crippen LogP contribution >= 0.6 is 11.3 Å². The van der Waals surface area contributed by atoms with Gasteiger partial charge in [0.15, 0.2) is 5.13 Å². The Morgan fingerprint density at radius 3 is 2.54 bits per heavy atom. The van der Waals surface area contributed by atoms with Crippen LogP contribution in [0.4, 0.5) is 5.13 Å². The number of rotatable bonds is 3. The molecule has 5 rings (SSSR count). The molecule has 4 aliphatic rings. The number of allylic oxidation sites excluding steroid dienone is 2. The fourth-order valence-corrected chi connectivity index (χ4v) is 6.07. The van der Waals surface area contributed by atoms with Gasteiger partial charge in [0.25, 0.3) is 0 Å². The van der Waals surface area contributed by atoms with E-state index in [9.17, 15) is 14.4 Å². The Morgan fingerprint density at radius 1 is 1.12 bits per heavy atom. The minimum Gasteiger partial charge on any atom is -0.300 e. The summed E-state index contributed by atoms with van der Waals surface area (Å²) in [5.41, 5.74) is 1.09. The molecule has 1 N–H and O–H groups in total. The van der Waals surface area contributed by atoms with Gasteiger partial charge in [-0.1, -0.05) is 18.6 Å². The van der Waals surface area contributed by atoms with Gasteiger partial charge < -0.3 is 5.32 Å². The summed E-state index contributed by atoms with van der Waals surface area (Å²) in [7, 11) is 0. The fraction of sp³-hybridized carbons (Fsp3) is 0.579. The van der Waals surface area contributed by atoms with Crippen molar-refractivity contribution in [2.75, 3.05) is 11.9 Å². The zero-order valence-electron chi connectivity index (χ0n) is 14.4. The van der Waals surface area contributed by atoms with Gasteiger partial charge in [0.05, 0.1) is 17.5 Å². The summed E-state index contributed by atoms with van der Waals surface area (Å²) in [4.78, 5) is 44.7. The lowest BCUT2D eigenvalue weighted by molar-refractivity contribution is -0.143. The number of hydrogen-bond donors (Lipinski definition) is 1. The first-order chi connectivity index (χ1) is 12.6. The van der Waals surface area contributed by atoms with Gasteiger partial charge in [-0.05, 0) is 43.9 Å². The molecule has 3 amide bonds. The third-order valence-electron chi connectivity index (χ3n) is 6.21. The van der Waals surface area contributed by atoms with Crippen molar-refractivity contribution >= 4 is 34.2 Å². The molecule has 1 aromatic heterocycles. The quantitative estimate of drug-likeness (QED) is 0.502. The van der Waals surface area contributed by atoms with Crippen molar-refractivity contribution in [3.63, 3.8) is 0 Å². The molecular weight excluding hydrogens is 350 g/mol. The van der Waals surface area contributed by atoms with Gasteiger partial charge in [0.2, 0.25) is 17.7 Å². The number of fused-ring (bicyclic) bond motifs is 6. The van der Waals surface area contributed by atoms with E-state index >= 15 is 0 Å². The average molecular weight is 371 g/mol. The van der Waals surface area contributed by atoms with E-state index in [0.717, 1.165) is 36.3 Å². The number of carbonyl (C=O) groups is 3. The molecule has 1 aromatic rings. The second-order valence-corrected chi connectivity index (χ2v) is 8.84. The summed E-state index contributed by atoms with van der Waals surface area (Å²) >= 11 is 1.52. The van der Waals surface area contributed by atoms with Crippen LogP contribution in [0.25, 0.3) is 0 Å². The Kier molecular flexibility index (Phi) is 3.74. The van der Waals surface area contributed by atoms with Crippen molar-refractivity contribution < 1.29 is 14.4 Å². The first-order valence-corrected chi connectivity index (χ1v) is 10.3. The van der Waals surface area contributed by atoms with Gasteiger partial charge in [0.1, 0.15) is 6.54 Å². The molecule has 26 heavy (non-hydrogen) atoms. The van der Waals surface area contributed by atoms with Gasteiger partial charge in [-0.25, -0.2) is 4.98 Å². The predicted octanol–water partition coefficient (Wildman–Crippen LogP) is 2.16. The summed E-state index contributed by atoms with van der Waals surface area (Å²) < 4.78 is 0. The molecule has 3 aliphatic carbocycles. The molecule has 6 nitrogen and oxygen atoms in total. The van der Waals surface area contributed by atoms with Gasteiger partial charge in [-0.2, -0.15) is 0 Å². The van der Waals surface area contributed by atoms with Crippen LogP contribution in [0.3, 0.4) is 0 Å². The number of imide groups is 1. The molecule has 0 spiro atoms. The zero-order valence-corrected chi connectivity index (χ0v) is 15.3. The normalized spacial score (nSPS) is 31.9. The summed E-state index contributed by atoms with van der Waals surface area (Å²) in [5, 5.41) is 3.38. The molecule has 7 heteroatoms. The molecule has 1 saturated carbocycles. The van der Waals surface area contributed by atoms with Gasteiger partial charge in [-0.3, -0.25) is 19.3 Å². The maximum absolute atomic E-state index is 12.7. The molecule has 1 aliphatic heterocycles. The Labute approximate surface area is 155 Å². The second kappa shape index (κ2) is 6.01. The van der Waals surface area contributed by atoms with Gasteiger partial charge in [0, 0.05) is 4.88 Å². The lowest BCUT2D eigenvalue weighted by atomic mass is 9.85. The molecular formula is C19H21N3O3S. The van der Waals surface area contributed by atoms with Crippen molar-refractivity contribution in [2.24, 2.45) is 23.7 Å². The number of aromatic nitrogens is 1. The molecule has 0 radical (unpaired) electrons. The first-order valence-electron chi connectivity index (χ1n) is 9.44. The summed E-state index contributed by atoms with van der Waals surface area (Å²) in [6.45, 7) is -0.200. The second-order valence-electron chi connectivity index (χ2n) is 7.76. The smallest absolute Gasteiger partial charge is 0.246 e. The van der Waals surface area contributed by atoms with Crippen LogP contribution in [0.1, 0.15) is 36.3 Å². The van der Waals surface area contributed by atoms with Gasteiger partial charge in [-0.15, -0.1) is 11.3 Å². The maximum Gasteiger partial charge on any atom is 0.246 e. The van der Waals surface area contributed by atoms with E-state index in [1.807, 2.05) is 0 Å². The predicted molar refractivity (Wildman–Crippen MR) is 96.4 cm³/mol. The number of aryl methyl sites for hydroxylation is 2. The van der Waals surface area contributed by atoms with Crippen LogP contribution < -0.4 is 5.32 Å².